The van der Waals surface area contributed by atoms with Gasteiger partial charge in [0.25, 0.3) is 0 Å². The zero-order valence-electron chi connectivity index (χ0n) is 11.8. The monoisotopic (exact) mass is 299 g/mol. The lowest BCUT2D eigenvalue weighted by Gasteiger charge is -2.04. The summed E-state index contributed by atoms with van der Waals surface area (Å²) in [5.74, 6) is 0.504. The van der Waals surface area contributed by atoms with Crippen molar-refractivity contribution < 1.29 is 0 Å². The van der Waals surface area contributed by atoms with Crippen molar-refractivity contribution >= 4 is 23.2 Å². The molecule has 3 rings (SSSR count). The summed E-state index contributed by atoms with van der Waals surface area (Å²) < 4.78 is 1.79. The molecule has 6 heteroatoms. The van der Waals surface area contributed by atoms with Crippen LogP contribution >= 0.6 is 11.8 Å². The average Bonchev–Trinajstić information content (AvgIpc) is 2.78. The van der Waals surface area contributed by atoms with Crippen molar-refractivity contribution in [3.05, 3.63) is 47.8 Å². The van der Waals surface area contributed by atoms with Crippen LogP contribution in [0, 0.1) is 6.92 Å². The maximum Gasteiger partial charge on any atom is 0.171 e. The maximum atomic E-state index is 6.08. The molecule has 3 aromatic rings. The number of fused-ring (bicyclic) bond motifs is 1. The minimum Gasteiger partial charge on any atom is -0.381 e. The molecule has 4 N–H and O–H groups in total. The van der Waals surface area contributed by atoms with Gasteiger partial charge in [0.1, 0.15) is 4.90 Å². The molecule has 0 atom stereocenters. The molecule has 5 nitrogen and oxygen atoms in total. The number of hydrogen-bond donors (Lipinski definition) is 2. The Balaban J connectivity index is 2.10. The van der Waals surface area contributed by atoms with Gasteiger partial charge in [-0.25, -0.2) is 9.50 Å². The van der Waals surface area contributed by atoms with Crippen LogP contribution in [0.15, 0.2) is 46.2 Å². The maximum absolute atomic E-state index is 6.08. The molecule has 108 valence electrons. The number of anilines is 1. The minimum absolute atomic E-state index is 0.504. The highest BCUT2D eigenvalue weighted by Crippen LogP contribution is 2.34. The second-order valence-electron chi connectivity index (χ2n) is 4.79. The van der Waals surface area contributed by atoms with Crippen LogP contribution in [0.5, 0.6) is 0 Å². The van der Waals surface area contributed by atoms with Crippen LogP contribution in [0.2, 0.25) is 0 Å². The van der Waals surface area contributed by atoms with Gasteiger partial charge in [0.05, 0.1) is 0 Å². The smallest absolute Gasteiger partial charge is 0.171 e. The van der Waals surface area contributed by atoms with Gasteiger partial charge in [0.15, 0.2) is 11.5 Å². The Kier molecular flexibility index (Phi) is 3.81. The Morgan fingerprint density at radius 1 is 1.24 bits per heavy atom. The molecule has 0 amide bonds. The summed E-state index contributed by atoms with van der Waals surface area (Å²) in [6.07, 6.45) is 0.748. The Bertz CT molecular complexity index is 767. The fourth-order valence-electron chi connectivity index (χ4n) is 2.21. The molecule has 0 unspecified atom stereocenters. The lowest BCUT2D eigenvalue weighted by atomic mass is 10.2. The van der Waals surface area contributed by atoms with Gasteiger partial charge in [-0.05, 0) is 31.7 Å². The van der Waals surface area contributed by atoms with Crippen LogP contribution < -0.4 is 11.5 Å². The first kappa shape index (κ1) is 13.9. The van der Waals surface area contributed by atoms with Crippen molar-refractivity contribution in [2.75, 3.05) is 12.3 Å². The van der Waals surface area contributed by atoms with E-state index in [4.69, 9.17) is 11.5 Å². The molecule has 2 heterocycles. The van der Waals surface area contributed by atoms with Crippen molar-refractivity contribution in [1.82, 2.24) is 14.6 Å². The van der Waals surface area contributed by atoms with Gasteiger partial charge in [-0.1, -0.05) is 30.0 Å². The first-order chi connectivity index (χ1) is 10.2. The third-order valence-electron chi connectivity index (χ3n) is 3.17. The number of nitrogens with two attached hydrogens (primary N) is 2. The fraction of sp³-hybridized carbons (Fsp3) is 0.200. The average molecular weight is 299 g/mol. The van der Waals surface area contributed by atoms with Gasteiger partial charge >= 0.3 is 0 Å². The largest absolute Gasteiger partial charge is 0.381 e. The zero-order valence-corrected chi connectivity index (χ0v) is 12.6. The van der Waals surface area contributed by atoms with Gasteiger partial charge in [0, 0.05) is 22.7 Å². The molecule has 0 radical (unpaired) electrons. The van der Waals surface area contributed by atoms with E-state index in [2.05, 4.69) is 10.1 Å². The topological polar surface area (TPSA) is 82.2 Å². The van der Waals surface area contributed by atoms with E-state index in [0.717, 1.165) is 33.2 Å². The molecule has 0 aliphatic carbocycles. The summed E-state index contributed by atoms with van der Waals surface area (Å²) in [5, 5.41) is 4.39. The summed E-state index contributed by atoms with van der Waals surface area (Å²) in [6.45, 7) is 2.57. The van der Waals surface area contributed by atoms with Crippen LogP contribution in [-0.2, 0) is 6.42 Å². The van der Waals surface area contributed by atoms with E-state index in [1.54, 1.807) is 16.3 Å². The molecule has 0 spiro atoms. The molecule has 0 aliphatic rings. The standard InChI is InChI=1S/C15H17N5S/c1-10-9-11(7-8-16)18-15-13(14(17)19-20(10)15)21-12-5-3-2-4-6-12/h2-6,9H,7-8,16H2,1H3,(H2,17,19). The molecule has 1 aromatic carbocycles. The SMILES string of the molecule is Cc1cc(CCN)nc2c(Sc3ccccc3)c(N)nn12. The van der Waals surface area contributed by atoms with Gasteiger partial charge in [-0.3, -0.25) is 0 Å². The summed E-state index contributed by atoms with van der Waals surface area (Å²) >= 11 is 1.58. The molecule has 0 saturated heterocycles. The van der Waals surface area contributed by atoms with Crippen LogP contribution in [0.25, 0.3) is 5.65 Å². The predicted octanol–water partition coefficient (Wildman–Crippen LogP) is 2.27. The van der Waals surface area contributed by atoms with Crippen LogP contribution in [0.1, 0.15) is 11.4 Å². The van der Waals surface area contributed by atoms with Crippen molar-refractivity contribution in [1.29, 1.82) is 0 Å². The number of benzene rings is 1. The third kappa shape index (κ3) is 2.72. The summed E-state index contributed by atoms with van der Waals surface area (Å²) in [6, 6.07) is 12.1. The number of hydrogen-bond acceptors (Lipinski definition) is 5. The van der Waals surface area contributed by atoms with Crippen LogP contribution in [-0.4, -0.2) is 21.1 Å². The van der Waals surface area contributed by atoms with E-state index in [0.29, 0.717) is 12.4 Å². The van der Waals surface area contributed by atoms with Gasteiger partial charge in [-0.15, -0.1) is 5.10 Å². The van der Waals surface area contributed by atoms with Crippen molar-refractivity contribution in [3.8, 4) is 0 Å². The van der Waals surface area contributed by atoms with E-state index < -0.39 is 0 Å². The molecule has 2 aromatic heterocycles. The van der Waals surface area contributed by atoms with Crippen molar-refractivity contribution in [2.24, 2.45) is 5.73 Å². The lowest BCUT2D eigenvalue weighted by Crippen LogP contribution is -2.07. The second kappa shape index (κ2) is 5.75. The molecule has 0 aliphatic heterocycles. The molecular weight excluding hydrogens is 282 g/mol. The predicted molar refractivity (Wildman–Crippen MR) is 85.5 cm³/mol. The summed E-state index contributed by atoms with van der Waals surface area (Å²) in [4.78, 5) is 6.67. The summed E-state index contributed by atoms with van der Waals surface area (Å²) in [5.41, 5.74) is 14.5. The Labute approximate surface area is 127 Å². The quantitative estimate of drug-likeness (QED) is 0.772. The normalized spacial score (nSPS) is 11.1. The first-order valence-corrected chi connectivity index (χ1v) is 7.58. The number of rotatable bonds is 4. The van der Waals surface area contributed by atoms with Crippen LogP contribution in [0.4, 0.5) is 5.82 Å². The molecule has 21 heavy (non-hydrogen) atoms. The highest BCUT2D eigenvalue weighted by atomic mass is 32.2. The van der Waals surface area contributed by atoms with E-state index >= 15 is 0 Å². The van der Waals surface area contributed by atoms with Crippen LogP contribution in [0.3, 0.4) is 0 Å². The van der Waals surface area contributed by atoms with Gasteiger partial charge in [-0.2, -0.15) is 0 Å². The Morgan fingerprint density at radius 3 is 2.71 bits per heavy atom. The Morgan fingerprint density at radius 2 is 2.00 bits per heavy atom. The van der Waals surface area contributed by atoms with Gasteiger partial charge in [0.2, 0.25) is 0 Å². The molecular formula is C15H17N5S. The zero-order chi connectivity index (χ0) is 14.8. The third-order valence-corrected chi connectivity index (χ3v) is 4.27. The second-order valence-corrected chi connectivity index (χ2v) is 5.88. The minimum atomic E-state index is 0.504. The van der Waals surface area contributed by atoms with Gasteiger partial charge < -0.3 is 11.5 Å². The molecule has 0 bridgehead atoms. The number of nitrogen functional groups attached to an aromatic ring is 1. The number of aromatic nitrogens is 3. The number of aryl methyl sites for hydroxylation is 1. The highest BCUT2D eigenvalue weighted by molar-refractivity contribution is 7.99. The van der Waals surface area contributed by atoms with Crippen molar-refractivity contribution in [3.63, 3.8) is 0 Å². The van der Waals surface area contributed by atoms with Crippen molar-refractivity contribution in [2.45, 2.75) is 23.1 Å². The number of nitrogens with zero attached hydrogens (tertiary/aromatic N) is 3. The first-order valence-electron chi connectivity index (χ1n) is 6.76. The van der Waals surface area contributed by atoms with E-state index in [1.807, 2.05) is 43.3 Å². The fourth-order valence-corrected chi connectivity index (χ4v) is 3.10. The van der Waals surface area contributed by atoms with E-state index in [-0.39, 0.29) is 0 Å². The summed E-state index contributed by atoms with van der Waals surface area (Å²) in [7, 11) is 0. The lowest BCUT2D eigenvalue weighted by molar-refractivity contribution is 0.856. The molecule has 0 saturated carbocycles. The highest BCUT2D eigenvalue weighted by Gasteiger charge is 2.15. The van der Waals surface area contributed by atoms with E-state index in [1.165, 1.54) is 0 Å². The van der Waals surface area contributed by atoms with E-state index in [9.17, 15) is 0 Å². The molecule has 0 fully saturated rings. The Hall–Kier alpha value is -2.05.